The Balaban J connectivity index is 1.28. The van der Waals surface area contributed by atoms with E-state index in [1.807, 2.05) is 23.2 Å². The lowest BCUT2D eigenvalue weighted by Crippen LogP contribution is -2.71. The van der Waals surface area contributed by atoms with E-state index in [2.05, 4.69) is 24.1 Å². The molecule has 0 aromatic carbocycles. The molecule has 0 aromatic rings. The van der Waals surface area contributed by atoms with Crippen LogP contribution in [0, 0.1) is 35.5 Å². The number of rotatable bonds is 6. The van der Waals surface area contributed by atoms with Gasteiger partial charge in [0.05, 0.1) is 12.8 Å². The summed E-state index contributed by atoms with van der Waals surface area (Å²) in [6.45, 7) is 9.94. The Hall–Kier alpha value is -0.320. The highest BCUT2D eigenvalue weighted by Gasteiger charge is 2.54. The predicted molar refractivity (Wildman–Crippen MR) is 150 cm³/mol. The van der Waals surface area contributed by atoms with E-state index in [0.717, 1.165) is 44.8 Å². The van der Waals surface area contributed by atoms with Gasteiger partial charge in [-0.1, -0.05) is 13.8 Å². The fourth-order valence-corrected chi connectivity index (χ4v) is 11.0. The number of nitrogens with one attached hydrogen (secondary N) is 1. The highest BCUT2D eigenvalue weighted by atomic mass is 32.2. The average molecular weight is 557 g/mol. The minimum Gasteiger partial charge on any atom is -0.383 e. The number of hydrogen-bond donors (Lipinski definition) is 1. The Kier molecular flexibility index (Phi) is 9.13. The van der Waals surface area contributed by atoms with Crippen molar-refractivity contribution in [3.8, 4) is 0 Å². The van der Waals surface area contributed by atoms with Crippen LogP contribution in [0.2, 0.25) is 0 Å². The van der Waals surface area contributed by atoms with Crippen LogP contribution < -0.4 is 5.32 Å². The number of fused-ring (bicyclic) bond motifs is 1. The maximum Gasteiger partial charge on any atom is 0.231 e. The Morgan fingerprint density at radius 2 is 1.63 bits per heavy atom. The number of likely N-dealkylation sites (N-methyl/N-ethyl adjacent to an activating group) is 1. The van der Waals surface area contributed by atoms with Crippen molar-refractivity contribution in [1.29, 1.82) is 0 Å². The quantitative estimate of drug-likeness (QED) is 0.538. The summed E-state index contributed by atoms with van der Waals surface area (Å²) in [4.78, 5) is 4.55. The third kappa shape index (κ3) is 5.34. The lowest BCUT2D eigenvalue weighted by molar-refractivity contribution is -0.128. The van der Waals surface area contributed by atoms with Crippen LogP contribution in [0.4, 0.5) is 4.39 Å². The fraction of sp³-hybridized carbons (Fsp3) is 1.00. The number of alkyl halides is 1. The van der Waals surface area contributed by atoms with Gasteiger partial charge in [0, 0.05) is 38.8 Å². The van der Waals surface area contributed by atoms with E-state index in [1.165, 1.54) is 25.7 Å². The summed E-state index contributed by atoms with van der Waals surface area (Å²) in [6.07, 6.45) is 8.09. The third-order valence-electron chi connectivity index (χ3n) is 11.7. The standard InChI is InChI=1S/C29H53FN4O3S/c1-19-20(2)25(30)13-12-24(19)22-8-10-23(11-9-22)29-26-17-33(14-6-7-15-34(26)27(29)18-37-5)38(35,36)28-16-31-21(3)32(28)4/h19-29,31H,6-18H2,1-5H3/t19?,20?,21?,22?,23?,24?,25?,26?,27-,28?,29+/m1/s1. The molecule has 0 bridgehead atoms. The molecule has 220 valence electrons. The van der Waals surface area contributed by atoms with E-state index in [9.17, 15) is 12.8 Å². The van der Waals surface area contributed by atoms with E-state index in [4.69, 9.17) is 4.74 Å². The Morgan fingerprint density at radius 1 is 0.947 bits per heavy atom. The number of sulfonamides is 1. The van der Waals surface area contributed by atoms with E-state index < -0.39 is 21.6 Å². The first-order valence-electron chi connectivity index (χ1n) is 15.5. The first-order chi connectivity index (χ1) is 18.1. The number of nitrogens with zero attached hydrogens (tertiary/aromatic N) is 3. The number of ether oxygens (including phenoxy) is 1. The van der Waals surface area contributed by atoms with Crippen LogP contribution in [-0.2, 0) is 14.8 Å². The second kappa shape index (κ2) is 11.9. The van der Waals surface area contributed by atoms with Gasteiger partial charge in [-0.25, -0.2) is 12.8 Å². The Bertz CT molecular complexity index is 900. The van der Waals surface area contributed by atoms with Gasteiger partial charge in [-0.15, -0.1) is 0 Å². The van der Waals surface area contributed by atoms with Gasteiger partial charge in [-0.3, -0.25) is 15.1 Å². The largest absolute Gasteiger partial charge is 0.383 e. The van der Waals surface area contributed by atoms with Gasteiger partial charge in [0.25, 0.3) is 0 Å². The number of halogens is 1. The molecule has 1 N–H and O–H groups in total. The van der Waals surface area contributed by atoms with Crippen LogP contribution in [0.5, 0.6) is 0 Å². The molecule has 5 rings (SSSR count). The summed E-state index contributed by atoms with van der Waals surface area (Å²) in [5, 5.41) is 2.83. The van der Waals surface area contributed by atoms with Gasteiger partial charge in [0.15, 0.2) is 0 Å². The second-order valence-electron chi connectivity index (χ2n) is 13.4. The molecule has 7 nitrogen and oxygen atoms in total. The van der Waals surface area contributed by atoms with Crippen molar-refractivity contribution in [3.05, 3.63) is 0 Å². The first-order valence-corrected chi connectivity index (χ1v) is 17.0. The van der Waals surface area contributed by atoms with Crippen molar-refractivity contribution < 1.29 is 17.5 Å². The van der Waals surface area contributed by atoms with Crippen molar-refractivity contribution in [2.45, 2.75) is 102 Å². The fourth-order valence-electron chi connectivity index (χ4n) is 9.04. The van der Waals surface area contributed by atoms with E-state index >= 15 is 0 Å². The molecular weight excluding hydrogens is 503 g/mol. The number of methoxy groups -OCH3 is 1. The Labute approximate surface area is 231 Å². The van der Waals surface area contributed by atoms with Crippen LogP contribution in [0.1, 0.15) is 72.1 Å². The van der Waals surface area contributed by atoms with Crippen LogP contribution in [0.3, 0.4) is 0 Å². The normalized spacial score (nSPS) is 46.2. The summed E-state index contributed by atoms with van der Waals surface area (Å²) in [5.74, 6) is 3.14. The first kappa shape index (κ1) is 29.2. The SMILES string of the molecule is COC[C@@H]1[C@@H](C2CCC(C3CCC(F)C(C)C3C)CC2)C2CN(S(=O)(=O)C3CNC(C)N3C)CCCCN21. The number of hydrogen-bond acceptors (Lipinski definition) is 6. The minimum atomic E-state index is -3.42. The summed E-state index contributed by atoms with van der Waals surface area (Å²) in [5.41, 5.74) is 0. The molecule has 0 amide bonds. The molecule has 5 fully saturated rings. The third-order valence-corrected chi connectivity index (χ3v) is 14.0. The summed E-state index contributed by atoms with van der Waals surface area (Å²) in [7, 11) is 0.301. The molecule has 0 spiro atoms. The van der Waals surface area contributed by atoms with E-state index in [1.54, 1.807) is 7.11 Å². The smallest absolute Gasteiger partial charge is 0.231 e. The molecule has 3 heterocycles. The zero-order valence-electron chi connectivity index (χ0n) is 24.4. The van der Waals surface area contributed by atoms with Gasteiger partial charge in [0.2, 0.25) is 10.0 Å². The average Bonchev–Trinajstić information content (AvgIpc) is 3.22. The monoisotopic (exact) mass is 556 g/mol. The molecule has 2 aliphatic carbocycles. The molecule has 0 radical (unpaired) electrons. The molecule has 38 heavy (non-hydrogen) atoms. The zero-order chi connectivity index (χ0) is 27.2. The minimum absolute atomic E-state index is 0.0735. The van der Waals surface area contributed by atoms with Crippen molar-refractivity contribution in [2.24, 2.45) is 35.5 Å². The molecule has 7 unspecified atom stereocenters. The van der Waals surface area contributed by atoms with E-state index in [0.29, 0.717) is 49.3 Å². The second-order valence-corrected chi connectivity index (χ2v) is 15.5. The molecule has 2 saturated carbocycles. The topological polar surface area (TPSA) is 65.1 Å². The van der Waals surface area contributed by atoms with Crippen LogP contribution >= 0.6 is 0 Å². The summed E-state index contributed by atoms with van der Waals surface area (Å²) in [6, 6.07) is 0.677. The van der Waals surface area contributed by atoms with Crippen molar-refractivity contribution in [3.63, 3.8) is 0 Å². The van der Waals surface area contributed by atoms with Crippen LogP contribution in [0.15, 0.2) is 0 Å². The molecule has 9 heteroatoms. The summed E-state index contributed by atoms with van der Waals surface area (Å²) < 4.78 is 49.6. The van der Waals surface area contributed by atoms with Crippen LogP contribution in [0.25, 0.3) is 0 Å². The molecule has 0 aromatic heterocycles. The van der Waals surface area contributed by atoms with E-state index in [-0.39, 0.29) is 18.1 Å². The highest BCUT2D eigenvalue weighted by Crippen LogP contribution is 2.50. The van der Waals surface area contributed by atoms with Gasteiger partial charge < -0.3 is 4.74 Å². The highest BCUT2D eigenvalue weighted by molar-refractivity contribution is 7.89. The molecule has 9 atom stereocenters. The lowest BCUT2D eigenvalue weighted by atomic mass is 9.60. The maximum atomic E-state index is 14.3. The lowest BCUT2D eigenvalue weighted by Gasteiger charge is -2.60. The van der Waals surface area contributed by atoms with Crippen molar-refractivity contribution in [1.82, 2.24) is 19.4 Å². The molecule has 3 aliphatic heterocycles. The van der Waals surface area contributed by atoms with Crippen LogP contribution in [-0.4, -0.2) is 99.3 Å². The van der Waals surface area contributed by atoms with Gasteiger partial charge in [-0.05, 0) is 107 Å². The zero-order valence-corrected chi connectivity index (χ0v) is 25.2. The summed E-state index contributed by atoms with van der Waals surface area (Å²) >= 11 is 0. The van der Waals surface area contributed by atoms with Gasteiger partial charge >= 0.3 is 0 Å². The maximum absolute atomic E-state index is 14.3. The van der Waals surface area contributed by atoms with Crippen molar-refractivity contribution >= 4 is 10.0 Å². The van der Waals surface area contributed by atoms with Crippen molar-refractivity contribution in [2.75, 3.05) is 46.9 Å². The molecule has 3 saturated heterocycles. The van der Waals surface area contributed by atoms with Gasteiger partial charge in [0.1, 0.15) is 11.5 Å². The Morgan fingerprint density at radius 3 is 2.29 bits per heavy atom. The molecular formula is C29H53FN4O3S. The molecule has 5 aliphatic rings. The predicted octanol–water partition coefficient (Wildman–Crippen LogP) is 3.76. The van der Waals surface area contributed by atoms with Gasteiger partial charge in [-0.2, -0.15) is 4.31 Å².